The van der Waals surface area contributed by atoms with Crippen molar-refractivity contribution in [3.63, 3.8) is 0 Å². The lowest BCUT2D eigenvalue weighted by Gasteiger charge is -1.42. The first-order chi connectivity index (χ1) is 3.50. The van der Waals surface area contributed by atoms with Gasteiger partial charge < -0.3 is 5.73 Å². The van der Waals surface area contributed by atoms with E-state index in [9.17, 15) is 0 Å². The number of nitrogens with one attached hydrogen (secondary N) is 1. The van der Waals surface area contributed by atoms with Gasteiger partial charge in [-0.15, -0.1) is 5.10 Å². The number of aromatic nitrogens is 4. The van der Waals surface area contributed by atoms with Crippen LogP contribution in [0.25, 0.3) is 0 Å². The van der Waals surface area contributed by atoms with Crippen molar-refractivity contribution in [3.8, 4) is 0 Å². The summed E-state index contributed by atoms with van der Waals surface area (Å²) < 4.78 is 0. The summed E-state index contributed by atoms with van der Waals surface area (Å²) >= 11 is 0. The number of H-pyrrole nitrogens is 1. The Morgan fingerprint density at radius 3 is 2.43 bits per heavy atom. The van der Waals surface area contributed by atoms with Crippen molar-refractivity contribution < 1.29 is 0 Å². The molecule has 40 valence electrons. The minimum atomic E-state index is 1.40. The molecule has 0 saturated carbocycles. The molecular formula is C2H7N5. The van der Waals surface area contributed by atoms with Crippen molar-refractivity contribution in [2.24, 2.45) is 5.73 Å². The normalized spacial score (nSPS) is 6.57. The maximum atomic E-state index is 4.50. The Kier molecular flexibility index (Phi) is 4.33. The molecule has 0 saturated heterocycles. The van der Waals surface area contributed by atoms with Gasteiger partial charge in [0, 0.05) is 0 Å². The van der Waals surface area contributed by atoms with Gasteiger partial charge in [0.05, 0.1) is 0 Å². The van der Waals surface area contributed by atoms with E-state index in [4.69, 9.17) is 0 Å². The fraction of sp³-hybridized carbons (Fsp3) is 0.500. The molecule has 0 bridgehead atoms. The second-order valence-electron chi connectivity index (χ2n) is 0.563. The summed E-state index contributed by atoms with van der Waals surface area (Å²) in [6, 6.07) is 0. The fourth-order valence-corrected chi connectivity index (χ4v) is 0.129. The average Bonchev–Trinajstić information content (AvgIpc) is 2.23. The first-order valence-corrected chi connectivity index (χ1v) is 1.75. The molecule has 0 aliphatic heterocycles. The predicted octanol–water partition coefficient (Wildman–Crippen LogP) is -1.23. The van der Waals surface area contributed by atoms with E-state index in [1.807, 2.05) is 0 Å². The molecule has 5 nitrogen and oxygen atoms in total. The molecule has 1 aromatic heterocycles. The molecule has 0 aromatic carbocycles. The molecular weight excluding hydrogens is 94.1 g/mol. The Morgan fingerprint density at radius 2 is 2.29 bits per heavy atom. The zero-order valence-corrected chi connectivity index (χ0v) is 4.00. The maximum absolute atomic E-state index is 4.50. The van der Waals surface area contributed by atoms with Crippen LogP contribution < -0.4 is 5.73 Å². The van der Waals surface area contributed by atoms with Crippen molar-refractivity contribution in [3.05, 3.63) is 6.33 Å². The van der Waals surface area contributed by atoms with Gasteiger partial charge in [0.15, 0.2) is 0 Å². The Balaban J connectivity index is 0.000000162. The minimum absolute atomic E-state index is 1.40. The largest absolute Gasteiger partial charge is 0.333 e. The fourth-order valence-electron chi connectivity index (χ4n) is 0.129. The zero-order chi connectivity index (χ0) is 5.54. The quantitative estimate of drug-likeness (QED) is 0.429. The number of tetrazole rings is 1. The first-order valence-electron chi connectivity index (χ1n) is 1.75. The summed E-state index contributed by atoms with van der Waals surface area (Å²) in [6.45, 7) is 0. The van der Waals surface area contributed by atoms with E-state index >= 15 is 0 Å². The molecule has 3 N–H and O–H groups in total. The van der Waals surface area contributed by atoms with Crippen molar-refractivity contribution in [2.75, 3.05) is 7.05 Å². The predicted molar refractivity (Wildman–Crippen MR) is 24.3 cm³/mol. The maximum Gasteiger partial charge on any atom is 0.135 e. The van der Waals surface area contributed by atoms with Gasteiger partial charge in [0.1, 0.15) is 6.33 Å². The van der Waals surface area contributed by atoms with Crippen LogP contribution in [0, 0.1) is 0 Å². The van der Waals surface area contributed by atoms with E-state index in [2.05, 4.69) is 26.4 Å². The standard InChI is InChI=1S/CH2N4.CH5N/c1-2-4-5-3-1;1-2/h1H,(H,2,3,4,5);2H2,1H3. The Bertz CT molecular complexity index is 62.6. The Hall–Kier alpha value is -0.970. The molecule has 1 heterocycles. The molecule has 0 aliphatic carbocycles. The van der Waals surface area contributed by atoms with Crippen LogP contribution in [-0.4, -0.2) is 27.7 Å². The lowest BCUT2D eigenvalue weighted by Crippen LogP contribution is -1.69. The Morgan fingerprint density at radius 1 is 1.57 bits per heavy atom. The summed E-state index contributed by atoms with van der Waals surface area (Å²) in [5, 5.41) is 12.1. The van der Waals surface area contributed by atoms with Gasteiger partial charge in [-0.3, -0.25) is 0 Å². The highest BCUT2D eigenvalue weighted by molar-refractivity contribution is 4.24. The smallest absolute Gasteiger partial charge is 0.135 e. The topological polar surface area (TPSA) is 80.5 Å². The van der Waals surface area contributed by atoms with Crippen LogP contribution in [0.15, 0.2) is 6.33 Å². The van der Waals surface area contributed by atoms with Crippen LogP contribution in [0.4, 0.5) is 0 Å². The third-order valence-electron chi connectivity index (χ3n) is 0.270. The lowest BCUT2D eigenvalue weighted by molar-refractivity contribution is 0.881. The van der Waals surface area contributed by atoms with E-state index < -0.39 is 0 Å². The third kappa shape index (κ3) is 2.84. The second kappa shape index (κ2) is 5.03. The van der Waals surface area contributed by atoms with E-state index in [0.29, 0.717) is 0 Å². The summed E-state index contributed by atoms with van der Waals surface area (Å²) in [6.07, 6.45) is 1.40. The molecule has 1 rings (SSSR count). The van der Waals surface area contributed by atoms with Crippen LogP contribution in [-0.2, 0) is 0 Å². The number of nitrogens with two attached hydrogens (primary N) is 1. The second-order valence-corrected chi connectivity index (χ2v) is 0.563. The van der Waals surface area contributed by atoms with Crippen molar-refractivity contribution in [1.29, 1.82) is 0 Å². The molecule has 1 aromatic rings. The van der Waals surface area contributed by atoms with Crippen molar-refractivity contribution >= 4 is 0 Å². The number of nitrogens with zero attached hydrogens (tertiary/aromatic N) is 3. The number of rotatable bonds is 0. The van der Waals surface area contributed by atoms with Crippen LogP contribution in [0.1, 0.15) is 0 Å². The number of hydrogen-bond donors (Lipinski definition) is 2. The van der Waals surface area contributed by atoms with Gasteiger partial charge in [0.25, 0.3) is 0 Å². The monoisotopic (exact) mass is 101 g/mol. The first kappa shape index (κ1) is 6.03. The third-order valence-corrected chi connectivity index (χ3v) is 0.270. The Labute approximate surface area is 40.9 Å². The molecule has 0 spiro atoms. The van der Waals surface area contributed by atoms with Gasteiger partial charge in [-0.1, -0.05) is 0 Å². The molecule has 0 fully saturated rings. The molecule has 0 radical (unpaired) electrons. The molecule has 7 heavy (non-hydrogen) atoms. The van der Waals surface area contributed by atoms with Crippen LogP contribution in [0.3, 0.4) is 0 Å². The molecule has 0 unspecified atom stereocenters. The summed E-state index contributed by atoms with van der Waals surface area (Å²) in [5.74, 6) is 0. The van der Waals surface area contributed by atoms with Gasteiger partial charge in [-0.25, -0.2) is 5.10 Å². The van der Waals surface area contributed by atoms with Crippen molar-refractivity contribution in [1.82, 2.24) is 20.6 Å². The van der Waals surface area contributed by atoms with Gasteiger partial charge >= 0.3 is 0 Å². The zero-order valence-electron chi connectivity index (χ0n) is 4.00. The highest BCUT2D eigenvalue weighted by Crippen LogP contribution is 1.43. The summed E-state index contributed by atoms with van der Waals surface area (Å²) in [5.41, 5.74) is 4.50. The van der Waals surface area contributed by atoms with Crippen molar-refractivity contribution in [2.45, 2.75) is 0 Å². The average molecular weight is 101 g/mol. The van der Waals surface area contributed by atoms with Crippen LogP contribution >= 0.6 is 0 Å². The lowest BCUT2D eigenvalue weighted by atomic mass is 11.4. The SMILES string of the molecule is CN.c1nnn[nH]1. The van der Waals surface area contributed by atoms with Gasteiger partial charge in [0.2, 0.25) is 0 Å². The minimum Gasteiger partial charge on any atom is -0.333 e. The molecule has 0 amide bonds. The van der Waals surface area contributed by atoms with Gasteiger partial charge in [-0.05, 0) is 17.5 Å². The highest BCUT2D eigenvalue weighted by atomic mass is 15.5. The highest BCUT2D eigenvalue weighted by Gasteiger charge is 1.58. The molecule has 0 aliphatic rings. The molecule has 0 atom stereocenters. The number of hydrogen-bond acceptors (Lipinski definition) is 4. The number of aromatic amines is 1. The summed E-state index contributed by atoms with van der Waals surface area (Å²) in [7, 11) is 1.50. The molecule has 5 heteroatoms. The van der Waals surface area contributed by atoms with E-state index in [-0.39, 0.29) is 0 Å². The van der Waals surface area contributed by atoms with E-state index in [1.54, 1.807) is 0 Å². The van der Waals surface area contributed by atoms with Crippen LogP contribution in [0.5, 0.6) is 0 Å². The summed E-state index contributed by atoms with van der Waals surface area (Å²) in [4.78, 5) is 0. The van der Waals surface area contributed by atoms with Crippen LogP contribution in [0.2, 0.25) is 0 Å². The van der Waals surface area contributed by atoms with Gasteiger partial charge in [-0.2, -0.15) is 0 Å². The van der Waals surface area contributed by atoms with E-state index in [1.165, 1.54) is 13.4 Å². The van der Waals surface area contributed by atoms with E-state index in [0.717, 1.165) is 0 Å².